The number of hydrogen-bond acceptors (Lipinski definition) is 4. The highest BCUT2D eigenvalue weighted by Gasteiger charge is 2.28. The van der Waals surface area contributed by atoms with Crippen LogP contribution in [0.5, 0.6) is 0 Å². The number of fused-ring (bicyclic) bond motifs is 3. The van der Waals surface area contributed by atoms with Gasteiger partial charge in [-0.05, 0) is 50.0 Å². The summed E-state index contributed by atoms with van der Waals surface area (Å²) in [6.07, 6.45) is 14.3. The van der Waals surface area contributed by atoms with Crippen LogP contribution in [-0.2, 0) is 11.2 Å². The third-order valence-corrected chi connectivity index (χ3v) is 6.24. The molecule has 1 aliphatic heterocycles. The zero-order chi connectivity index (χ0) is 16.8. The lowest BCUT2D eigenvalue weighted by Gasteiger charge is -2.24. The van der Waals surface area contributed by atoms with Crippen molar-refractivity contribution < 1.29 is 4.74 Å². The highest BCUT2D eigenvalue weighted by Crippen LogP contribution is 2.38. The van der Waals surface area contributed by atoms with Crippen molar-refractivity contribution in [2.45, 2.75) is 64.3 Å². The zero-order valence-electron chi connectivity index (χ0n) is 14.7. The summed E-state index contributed by atoms with van der Waals surface area (Å²) in [5.41, 5.74) is 12.2. The number of rotatable bonds is 2. The number of nitrogens with two attached hydrogens (primary N) is 1. The van der Waals surface area contributed by atoms with Crippen LogP contribution in [0.4, 0.5) is 0 Å². The summed E-state index contributed by atoms with van der Waals surface area (Å²) >= 11 is 0. The fourth-order valence-corrected chi connectivity index (χ4v) is 4.76. The SMILES string of the molecule is C.NC1CCC(c2cn3c4c(ncc3n2)CC=C4C2CCOCC2)CC1. The van der Waals surface area contributed by atoms with Crippen molar-refractivity contribution in [2.24, 2.45) is 11.7 Å². The van der Waals surface area contributed by atoms with Crippen LogP contribution in [0.2, 0.25) is 0 Å². The van der Waals surface area contributed by atoms with Crippen LogP contribution in [-0.4, -0.2) is 33.6 Å². The highest BCUT2D eigenvalue weighted by molar-refractivity contribution is 5.73. The minimum absolute atomic E-state index is 0. The predicted molar refractivity (Wildman–Crippen MR) is 104 cm³/mol. The van der Waals surface area contributed by atoms with E-state index >= 15 is 0 Å². The Labute approximate surface area is 155 Å². The second-order valence-corrected chi connectivity index (χ2v) is 7.81. The predicted octanol–water partition coefficient (Wildman–Crippen LogP) is 3.72. The van der Waals surface area contributed by atoms with Gasteiger partial charge in [-0.3, -0.25) is 9.38 Å². The minimum Gasteiger partial charge on any atom is -0.381 e. The molecule has 5 heteroatoms. The third kappa shape index (κ3) is 2.97. The molecule has 2 aromatic rings. The van der Waals surface area contributed by atoms with Gasteiger partial charge in [-0.1, -0.05) is 13.5 Å². The van der Waals surface area contributed by atoms with E-state index in [-0.39, 0.29) is 7.43 Å². The molecule has 0 amide bonds. The highest BCUT2D eigenvalue weighted by atomic mass is 16.5. The smallest absolute Gasteiger partial charge is 0.156 e. The first kappa shape index (κ1) is 17.7. The van der Waals surface area contributed by atoms with Crippen LogP contribution in [0.25, 0.3) is 11.2 Å². The number of nitrogens with zero attached hydrogens (tertiary/aromatic N) is 3. The topological polar surface area (TPSA) is 65.4 Å². The second kappa shape index (κ2) is 7.12. The molecule has 0 unspecified atom stereocenters. The van der Waals surface area contributed by atoms with E-state index in [0.717, 1.165) is 63.8 Å². The third-order valence-electron chi connectivity index (χ3n) is 6.24. The molecule has 1 saturated heterocycles. The number of aromatic nitrogens is 3. The quantitative estimate of drug-likeness (QED) is 0.893. The van der Waals surface area contributed by atoms with Crippen LogP contribution in [0, 0.1) is 5.92 Å². The number of allylic oxidation sites excluding steroid dienone is 2. The van der Waals surface area contributed by atoms with E-state index < -0.39 is 0 Å². The summed E-state index contributed by atoms with van der Waals surface area (Å²) in [6, 6.07) is 0.377. The normalized spacial score (nSPS) is 26.4. The molecule has 140 valence electrons. The Bertz CT molecular complexity index is 811. The van der Waals surface area contributed by atoms with Gasteiger partial charge in [-0.2, -0.15) is 0 Å². The fraction of sp³-hybridized carbons (Fsp3) is 0.619. The van der Waals surface area contributed by atoms with Gasteiger partial charge in [0.15, 0.2) is 5.65 Å². The molecule has 5 nitrogen and oxygen atoms in total. The standard InChI is InChI=1S/C20H26N4O.CH4/c21-15-3-1-14(2-4-15)18-12-24-19(23-18)11-22-17-6-5-16(20(17)24)13-7-9-25-10-8-13;/h5,11-15H,1-4,6-10,21H2;1H4. The van der Waals surface area contributed by atoms with Crippen molar-refractivity contribution in [3.8, 4) is 0 Å². The van der Waals surface area contributed by atoms with Crippen molar-refractivity contribution in [1.82, 2.24) is 14.4 Å². The van der Waals surface area contributed by atoms with Crippen molar-refractivity contribution in [1.29, 1.82) is 0 Å². The van der Waals surface area contributed by atoms with E-state index in [1.165, 1.54) is 22.7 Å². The Kier molecular flexibility index (Phi) is 4.84. The van der Waals surface area contributed by atoms with Gasteiger partial charge < -0.3 is 10.5 Å². The van der Waals surface area contributed by atoms with Crippen molar-refractivity contribution in [2.75, 3.05) is 13.2 Å². The van der Waals surface area contributed by atoms with Gasteiger partial charge >= 0.3 is 0 Å². The molecule has 0 atom stereocenters. The van der Waals surface area contributed by atoms with E-state index in [1.807, 2.05) is 6.20 Å². The minimum atomic E-state index is 0. The first-order chi connectivity index (χ1) is 12.3. The van der Waals surface area contributed by atoms with E-state index in [4.69, 9.17) is 20.4 Å². The summed E-state index contributed by atoms with van der Waals surface area (Å²) in [6.45, 7) is 1.75. The van der Waals surface area contributed by atoms with Crippen LogP contribution in [0.1, 0.15) is 69.0 Å². The van der Waals surface area contributed by atoms with Crippen LogP contribution in [0.3, 0.4) is 0 Å². The van der Waals surface area contributed by atoms with Gasteiger partial charge in [0.1, 0.15) is 0 Å². The number of ether oxygens (including phenoxy) is 1. The summed E-state index contributed by atoms with van der Waals surface area (Å²) in [5.74, 6) is 1.15. The van der Waals surface area contributed by atoms with Gasteiger partial charge in [0.25, 0.3) is 0 Å². The van der Waals surface area contributed by atoms with Gasteiger partial charge in [0.2, 0.25) is 0 Å². The Morgan fingerprint density at radius 1 is 1.04 bits per heavy atom. The fourth-order valence-electron chi connectivity index (χ4n) is 4.76. The molecular formula is C21H30N4O. The molecule has 1 saturated carbocycles. The molecule has 2 N–H and O–H groups in total. The molecule has 5 rings (SSSR count). The Balaban J connectivity index is 0.00000168. The molecule has 2 aromatic heterocycles. The number of imidazole rings is 1. The molecule has 0 bridgehead atoms. The van der Waals surface area contributed by atoms with Gasteiger partial charge in [0, 0.05) is 37.8 Å². The maximum Gasteiger partial charge on any atom is 0.156 e. The lowest BCUT2D eigenvalue weighted by Crippen LogP contribution is -2.25. The Morgan fingerprint density at radius 3 is 2.58 bits per heavy atom. The maximum absolute atomic E-state index is 6.07. The summed E-state index contributed by atoms with van der Waals surface area (Å²) < 4.78 is 7.86. The molecule has 0 spiro atoms. The lowest BCUT2D eigenvalue weighted by atomic mass is 9.85. The van der Waals surface area contributed by atoms with Crippen molar-refractivity contribution in [3.63, 3.8) is 0 Å². The van der Waals surface area contributed by atoms with Crippen molar-refractivity contribution >= 4 is 11.2 Å². The maximum atomic E-state index is 6.07. The van der Waals surface area contributed by atoms with E-state index in [2.05, 4.69) is 16.7 Å². The lowest BCUT2D eigenvalue weighted by molar-refractivity contribution is 0.0807. The van der Waals surface area contributed by atoms with E-state index in [9.17, 15) is 0 Å². The molecule has 2 fully saturated rings. The summed E-state index contributed by atoms with van der Waals surface area (Å²) in [5, 5.41) is 0. The molecule has 2 aliphatic carbocycles. The van der Waals surface area contributed by atoms with Crippen LogP contribution < -0.4 is 5.73 Å². The molecule has 3 aliphatic rings. The Morgan fingerprint density at radius 2 is 1.81 bits per heavy atom. The second-order valence-electron chi connectivity index (χ2n) is 7.81. The van der Waals surface area contributed by atoms with E-state index in [0.29, 0.717) is 17.9 Å². The average Bonchev–Trinajstić information content (AvgIpc) is 3.26. The van der Waals surface area contributed by atoms with Gasteiger partial charge in [-0.25, -0.2) is 4.98 Å². The van der Waals surface area contributed by atoms with E-state index in [1.54, 1.807) is 0 Å². The Hall–Kier alpha value is -1.72. The molecule has 26 heavy (non-hydrogen) atoms. The van der Waals surface area contributed by atoms with Crippen LogP contribution in [0.15, 0.2) is 18.5 Å². The first-order valence-corrected chi connectivity index (χ1v) is 9.70. The van der Waals surface area contributed by atoms with Crippen molar-refractivity contribution in [3.05, 3.63) is 35.6 Å². The average molecular weight is 354 g/mol. The summed E-state index contributed by atoms with van der Waals surface area (Å²) in [7, 11) is 0. The summed E-state index contributed by atoms with van der Waals surface area (Å²) in [4.78, 5) is 9.64. The monoisotopic (exact) mass is 354 g/mol. The molecule has 3 heterocycles. The largest absolute Gasteiger partial charge is 0.381 e. The molecule has 0 aromatic carbocycles. The van der Waals surface area contributed by atoms with Gasteiger partial charge in [0.05, 0.1) is 23.3 Å². The first-order valence-electron chi connectivity index (χ1n) is 9.70. The van der Waals surface area contributed by atoms with Gasteiger partial charge in [-0.15, -0.1) is 0 Å². The number of hydrogen-bond donors (Lipinski definition) is 1. The van der Waals surface area contributed by atoms with Crippen LogP contribution >= 0.6 is 0 Å². The zero-order valence-corrected chi connectivity index (χ0v) is 14.7. The molecule has 0 radical (unpaired) electrons. The molecular weight excluding hydrogens is 324 g/mol.